The van der Waals surface area contributed by atoms with E-state index in [0.29, 0.717) is 10.6 Å². The average Bonchev–Trinajstić information content (AvgIpc) is 2.65. The maximum atomic E-state index is 14.6. The molecule has 2 aromatic rings. The molecule has 0 saturated carbocycles. The van der Waals surface area contributed by atoms with E-state index in [9.17, 15) is 27.2 Å². The van der Waals surface area contributed by atoms with Gasteiger partial charge in [0.2, 0.25) is 0 Å². The monoisotopic (exact) mass is 479 g/mol. The van der Waals surface area contributed by atoms with Crippen molar-refractivity contribution < 1.29 is 17.6 Å². The van der Waals surface area contributed by atoms with E-state index in [2.05, 4.69) is 0 Å². The zero-order valence-corrected chi connectivity index (χ0v) is 19.0. The minimum absolute atomic E-state index is 0.101. The third-order valence-corrected chi connectivity index (χ3v) is 6.86. The smallest absolute Gasteiger partial charge is 0.273 e. The molecule has 164 valence electrons. The zero-order chi connectivity index (χ0) is 23.1. The standard InChI is InChI=1S/C16H19ClFN5O5S2/c1-8(2)22(5)30(27,28)19-13(24)9-6-12(11(18)7-10(9)17)23-14(25)20(3)16(29)21(4)15(23)26/h6-8H,1-5H3,(H,19,24). The molecule has 30 heavy (non-hydrogen) atoms. The minimum atomic E-state index is -4.22. The van der Waals surface area contributed by atoms with Gasteiger partial charge in [-0.2, -0.15) is 12.7 Å². The summed E-state index contributed by atoms with van der Waals surface area (Å²) in [6, 6.07) is 1.08. The minimum Gasteiger partial charge on any atom is -0.273 e. The maximum Gasteiger partial charge on any atom is 0.338 e. The first kappa shape index (κ1) is 23.9. The van der Waals surface area contributed by atoms with Crippen LogP contribution in [0, 0.1) is 10.6 Å². The van der Waals surface area contributed by atoms with Crippen molar-refractivity contribution in [2.75, 3.05) is 7.05 Å². The second-order valence-corrected chi connectivity index (χ2v) is 9.13. The van der Waals surface area contributed by atoms with Crippen molar-refractivity contribution >= 4 is 39.9 Å². The Morgan fingerprint density at radius 1 is 1.20 bits per heavy atom. The topological polar surface area (TPSA) is 115 Å². The van der Waals surface area contributed by atoms with E-state index in [-0.39, 0.29) is 4.77 Å². The van der Waals surface area contributed by atoms with Gasteiger partial charge in [-0.05, 0) is 38.2 Å². The van der Waals surface area contributed by atoms with E-state index < -0.39 is 55.6 Å². The summed E-state index contributed by atoms with van der Waals surface area (Å²) in [7, 11) is -0.380. The number of halogens is 2. The molecule has 0 aliphatic carbocycles. The molecular weight excluding hydrogens is 461 g/mol. The predicted molar refractivity (Wildman–Crippen MR) is 111 cm³/mol. The lowest BCUT2D eigenvalue weighted by atomic mass is 10.2. The lowest BCUT2D eigenvalue weighted by molar-refractivity contribution is 0.0979. The molecule has 0 saturated heterocycles. The molecule has 1 aromatic heterocycles. The molecule has 1 N–H and O–H groups in total. The zero-order valence-electron chi connectivity index (χ0n) is 16.6. The van der Waals surface area contributed by atoms with Gasteiger partial charge in [0.25, 0.3) is 5.91 Å². The van der Waals surface area contributed by atoms with Crippen LogP contribution in [0.2, 0.25) is 5.02 Å². The number of rotatable bonds is 5. The molecule has 0 atom stereocenters. The Morgan fingerprint density at radius 2 is 1.70 bits per heavy atom. The summed E-state index contributed by atoms with van der Waals surface area (Å²) in [5, 5.41) is -0.412. The Hall–Kier alpha value is -2.35. The van der Waals surface area contributed by atoms with Gasteiger partial charge in [-0.3, -0.25) is 13.9 Å². The van der Waals surface area contributed by atoms with E-state index in [0.717, 1.165) is 19.5 Å². The lowest BCUT2D eigenvalue weighted by Crippen LogP contribution is -2.45. The number of aromatic nitrogens is 3. The molecule has 1 amide bonds. The number of amides is 1. The largest absolute Gasteiger partial charge is 0.338 e. The molecule has 10 nitrogen and oxygen atoms in total. The summed E-state index contributed by atoms with van der Waals surface area (Å²) in [4.78, 5) is 37.6. The summed E-state index contributed by atoms with van der Waals surface area (Å²) in [6.45, 7) is 3.19. The summed E-state index contributed by atoms with van der Waals surface area (Å²) in [5.41, 5.74) is -2.95. The van der Waals surface area contributed by atoms with Crippen molar-refractivity contribution in [2.45, 2.75) is 19.9 Å². The van der Waals surface area contributed by atoms with E-state index in [4.69, 9.17) is 23.8 Å². The van der Waals surface area contributed by atoms with Gasteiger partial charge in [0.05, 0.1) is 16.3 Å². The van der Waals surface area contributed by atoms with Gasteiger partial charge in [0.15, 0.2) is 4.77 Å². The van der Waals surface area contributed by atoms with Crippen LogP contribution in [0.3, 0.4) is 0 Å². The van der Waals surface area contributed by atoms with Gasteiger partial charge in [0.1, 0.15) is 5.82 Å². The first-order valence-corrected chi connectivity index (χ1v) is 10.6. The second-order valence-electron chi connectivity index (χ2n) is 6.63. The molecule has 1 aromatic carbocycles. The molecule has 0 radical (unpaired) electrons. The van der Waals surface area contributed by atoms with Crippen molar-refractivity contribution in [3.8, 4) is 5.69 Å². The number of hydrogen-bond donors (Lipinski definition) is 1. The molecule has 0 fully saturated rings. The van der Waals surface area contributed by atoms with Crippen LogP contribution in [0.25, 0.3) is 5.69 Å². The van der Waals surface area contributed by atoms with Gasteiger partial charge < -0.3 is 0 Å². The highest BCUT2D eigenvalue weighted by Crippen LogP contribution is 2.22. The van der Waals surface area contributed by atoms with Crippen molar-refractivity contribution in [1.82, 2.24) is 22.7 Å². The van der Waals surface area contributed by atoms with Crippen LogP contribution in [0.15, 0.2) is 21.7 Å². The van der Waals surface area contributed by atoms with Crippen molar-refractivity contribution in [1.29, 1.82) is 0 Å². The number of carbonyl (C=O) groups excluding carboxylic acids is 1. The highest BCUT2D eigenvalue weighted by molar-refractivity contribution is 7.87. The maximum absolute atomic E-state index is 14.6. The number of nitrogens with zero attached hydrogens (tertiary/aromatic N) is 4. The van der Waals surface area contributed by atoms with Crippen molar-refractivity contribution in [3.05, 3.63) is 54.3 Å². The predicted octanol–water partition coefficient (Wildman–Crippen LogP) is 0.711. The van der Waals surface area contributed by atoms with Crippen LogP contribution < -0.4 is 16.1 Å². The van der Waals surface area contributed by atoms with E-state index >= 15 is 0 Å². The SMILES string of the molecule is CC(C)N(C)S(=O)(=O)NC(=O)c1cc(-n2c(=O)n(C)c(=S)n(C)c2=O)c(F)cc1Cl. The third kappa shape index (κ3) is 4.24. The summed E-state index contributed by atoms with van der Waals surface area (Å²) >= 11 is 10.9. The Bertz CT molecular complexity index is 1270. The lowest BCUT2D eigenvalue weighted by Gasteiger charge is -2.21. The average molecular weight is 480 g/mol. The molecule has 2 rings (SSSR count). The fourth-order valence-corrected chi connectivity index (χ4v) is 3.82. The molecule has 0 spiro atoms. The molecule has 14 heteroatoms. The normalized spacial score (nSPS) is 11.9. The third-order valence-electron chi connectivity index (χ3n) is 4.38. The molecule has 0 unspecified atom stereocenters. The highest BCUT2D eigenvalue weighted by Gasteiger charge is 2.26. The number of carbonyl (C=O) groups is 1. The van der Waals surface area contributed by atoms with Gasteiger partial charge in [-0.25, -0.2) is 23.3 Å². The van der Waals surface area contributed by atoms with Gasteiger partial charge in [-0.1, -0.05) is 11.6 Å². The van der Waals surface area contributed by atoms with Crippen LogP contribution in [-0.4, -0.2) is 45.4 Å². The second kappa shape index (κ2) is 8.41. The van der Waals surface area contributed by atoms with Crippen LogP contribution >= 0.6 is 23.8 Å². The molecule has 1 heterocycles. The summed E-state index contributed by atoms with van der Waals surface area (Å²) < 4.78 is 44.1. The van der Waals surface area contributed by atoms with E-state index in [1.54, 1.807) is 13.8 Å². The molecule has 0 aliphatic rings. The van der Waals surface area contributed by atoms with Crippen molar-refractivity contribution in [2.24, 2.45) is 14.1 Å². The Balaban J connectivity index is 2.70. The Labute approximate surface area is 181 Å². The van der Waals surface area contributed by atoms with Crippen LogP contribution in [0.5, 0.6) is 0 Å². The van der Waals surface area contributed by atoms with Gasteiger partial charge in [0, 0.05) is 27.2 Å². The molecular formula is C16H19ClFN5O5S2. The van der Waals surface area contributed by atoms with Crippen LogP contribution in [0.4, 0.5) is 4.39 Å². The highest BCUT2D eigenvalue weighted by atomic mass is 35.5. The van der Waals surface area contributed by atoms with E-state index in [1.807, 2.05) is 4.72 Å². The number of nitrogens with one attached hydrogen (secondary N) is 1. The molecule has 0 bridgehead atoms. The van der Waals surface area contributed by atoms with Crippen LogP contribution in [0.1, 0.15) is 24.2 Å². The summed E-state index contributed by atoms with van der Waals surface area (Å²) in [6.07, 6.45) is 0. The number of benzene rings is 1. The van der Waals surface area contributed by atoms with Crippen LogP contribution in [-0.2, 0) is 24.3 Å². The quantitative estimate of drug-likeness (QED) is 0.631. The fraction of sp³-hybridized carbons (Fsp3) is 0.375. The van der Waals surface area contributed by atoms with Gasteiger partial charge >= 0.3 is 21.6 Å². The Morgan fingerprint density at radius 3 is 2.17 bits per heavy atom. The number of hydrogen-bond acceptors (Lipinski definition) is 6. The first-order valence-electron chi connectivity index (χ1n) is 8.39. The first-order chi connectivity index (χ1) is 13.7. The van der Waals surface area contributed by atoms with Gasteiger partial charge in [-0.15, -0.1) is 0 Å². The summed E-state index contributed by atoms with van der Waals surface area (Å²) in [5.74, 6) is -2.24. The van der Waals surface area contributed by atoms with Crippen molar-refractivity contribution in [3.63, 3.8) is 0 Å². The molecule has 0 aliphatic heterocycles. The van der Waals surface area contributed by atoms with E-state index in [1.165, 1.54) is 21.1 Å². The fourth-order valence-electron chi connectivity index (χ4n) is 2.38. The Kier molecular flexibility index (Phi) is 6.71.